The molecule has 0 fully saturated rings. The molecule has 1 heterocycles. The molecule has 0 aromatic carbocycles. The summed E-state index contributed by atoms with van der Waals surface area (Å²) in [5, 5.41) is 8.44. The number of nitrogens with zero attached hydrogens (tertiary/aromatic N) is 1. The standard InChI is InChI=1S/C11H13NO2/c1-8(2)9-5-6-12-10(7-9)3-4-11(13)14/h3-8H,1-2H3,(H,13,14). The third-order valence-electron chi connectivity index (χ3n) is 1.87. The Kier molecular flexibility index (Phi) is 3.40. The van der Waals surface area contributed by atoms with Crippen LogP contribution in [0.3, 0.4) is 0 Å². The summed E-state index contributed by atoms with van der Waals surface area (Å²) in [4.78, 5) is 14.3. The number of carboxylic acids is 1. The van der Waals surface area contributed by atoms with Gasteiger partial charge in [0, 0.05) is 12.3 Å². The zero-order valence-electron chi connectivity index (χ0n) is 8.27. The first kappa shape index (κ1) is 10.4. The van der Waals surface area contributed by atoms with Crippen LogP contribution in [-0.2, 0) is 4.79 Å². The van der Waals surface area contributed by atoms with Crippen molar-refractivity contribution in [1.82, 2.24) is 4.98 Å². The van der Waals surface area contributed by atoms with Crippen molar-refractivity contribution in [2.75, 3.05) is 0 Å². The van der Waals surface area contributed by atoms with Crippen molar-refractivity contribution >= 4 is 12.0 Å². The molecule has 0 bridgehead atoms. The molecular weight excluding hydrogens is 178 g/mol. The molecule has 0 amide bonds. The van der Waals surface area contributed by atoms with E-state index in [1.165, 1.54) is 6.08 Å². The van der Waals surface area contributed by atoms with Crippen molar-refractivity contribution in [3.63, 3.8) is 0 Å². The van der Waals surface area contributed by atoms with Crippen LogP contribution in [-0.4, -0.2) is 16.1 Å². The number of pyridine rings is 1. The van der Waals surface area contributed by atoms with Crippen molar-refractivity contribution in [2.45, 2.75) is 19.8 Å². The minimum absolute atomic E-state index is 0.426. The second kappa shape index (κ2) is 4.56. The van der Waals surface area contributed by atoms with Gasteiger partial charge in [-0.25, -0.2) is 4.79 Å². The Balaban J connectivity index is 2.89. The lowest BCUT2D eigenvalue weighted by Gasteiger charge is -2.04. The third-order valence-corrected chi connectivity index (χ3v) is 1.87. The number of aromatic nitrogens is 1. The van der Waals surface area contributed by atoms with E-state index in [0.29, 0.717) is 11.6 Å². The first-order valence-electron chi connectivity index (χ1n) is 4.46. The smallest absolute Gasteiger partial charge is 0.328 e. The van der Waals surface area contributed by atoms with E-state index >= 15 is 0 Å². The predicted molar refractivity (Wildman–Crippen MR) is 55.0 cm³/mol. The van der Waals surface area contributed by atoms with E-state index in [0.717, 1.165) is 11.6 Å². The van der Waals surface area contributed by atoms with Gasteiger partial charge in [-0.05, 0) is 29.7 Å². The third kappa shape index (κ3) is 3.01. The summed E-state index contributed by atoms with van der Waals surface area (Å²) < 4.78 is 0. The average Bonchev–Trinajstić information content (AvgIpc) is 2.15. The van der Waals surface area contributed by atoms with Gasteiger partial charge in [0.1, 0.15) is 0 Å². The summed E-state index contributed by atoms with van der Waals surface area (Å²) in [6.45, 7) is 4.17. The Labute approximate surface area is 83.1 Å². The minimum atomic E-state index is -0.957. The largest absolute Gasteiger partial charge is 0.478 e. The van der Waals surface area contributed by atoms with E-state index in [2.05, 4.69) is 18.8 Å². The van der Waals surface area contributed by atoms with Crippen molar-refractivity contribution in [1.29, 1.82) is 0 Å². The van der Waals surface area contributed by atoms with Crippen LogP contribution in [0.1, 0.15) is 31.0 Å². The highest BCUT2D eigenvalue weighted by atomic mass is 16.4. The summed E-state index contributed by atoms with van der Waals surface area (Å²) in [5.74, 6) is -0.531. The summed E-state index contributed by atoms with van der Waals surface area (Å²) in [6, 6.07) is 3.83. The molecule has 74 valence electrons. The lowest BCUT2D eigenvalue weighted by atomic mass is 10.0. The van der Waals surface area contributed by atoms with Gasteiger partial charge in [-0.3, -0.25) is 4.98 Å². The lowest BCUT2D eigenvalue weighted by molar-refractivity contribution is -0.131. The zero-order chi connectivity index (χ0) is 10.6. The topological polar surface area (TPSA) is 50.2 Å². The molecule has 3 nitrogen and oxygen atoms in total. The van der Waals surface area contributed by atoms with Gasteiger partial charge in [0.25, 0.3) is 0 Å². The molecule has 0 saturated carbocycles. The van der Waals surface area contributed by atoms with Crippen LogP contribution < -0.4 is 0 Å². The van der Waals surface area contributed by atoms with E-state index in [1.807, 2.05) is 12.1 Å². The Bertz CT molecular complexity index is 356. The average molecular weight is 191 g/mol. The number of aliphatic carboxylic acids is 1. The van der Waals surface area contributed by atoms with Gasteiger partial charge in [-0.2, -0.15) is 0 Å². The molecule has 1 rings (SSSR count). The summed E-state index contributed by atoms with van der Waals surface area (Å²) >= 11 is 0. The molecule has 0 radical (unpaired) electrons. The second-order valence-corrected chi connectivity index (χ2v) is 3.34. The molecule has 3 heteroatoms. The highest BCUT2D eigenvalue weighted by molar-refractivity contribution is 5.84. The molecule has 1 aromatic heterocycles. The van der Waals surface area contributed by atoms with Crippen molar-refractivity contribution < 1.29 is 9.90 Å². The molecular formula is C11H13NO2. The van der Waals surface area contributed by atoms with Crippen molar-refractivity contribution in [3.05, 3.63) is 35.7 Å². The first-order chi connectivity index (χ1) is 6.59. The van der Waals surface area contributed by atoms with Crippen LogP contribution in [0.25, 0.3) is 6.08 Å². The SMILES string of the molecule is CC(C)c1ccnc(C=CC(=O)O)c1. The highest BCUT2D eigenvalue weighted by Gasteiger charge is 1.99. The summed E-state index contributed by atoms with van der Waals surface area (Å²) in [7, 11) is 0. The predicted octanol–water partition coefficient (Wildman–Crippen LogP) is 2.30. The molecule has 0 atom stereocenters. The number of carbonyl (C=O) groups is 1. The minimum Gasteiger partial charge on any atom is -0.478 e. The Morgan fingerprint density at radius 3 is 2.86 bits per heavy atom. The molecule has 1 aromatic rings. The lowest BCUT2D eigenvalue weighted by Crippen LogP contribution is -1.91. The van der Waals surface area contributed by atoms with Gasteiger partial charge in [0.05, 0.1) is 5.69 Å². The molecule has 0 unspecified atom stereocenters. The fourth-order valence-electron chi connectivity index (χ4n) is 1.07. The quantitative estimate of drug-likeness (QED) is 0.746. The number of hydrogen-bond donors (Lipinski definition) is 1. The van der Waals surface area contributed by atoms with Gasteiger partial charge in [-0.1, -0.05) is 13.8 Å². The van der Waals surface area contributed by atoms with Gasteiger partial charge >= 0.3 is 5.97 Å². The maximum absolute atomic E-state index is 10.3. The Hall–Kier alpha value is -1.64. The summed E-state index contributed by atoms with van der Waals surface area (Å²) in [5.41, 5.74) is 1.84. The monoisotopic (exact) mass is 191 g/mol. The Morgan fingerprint density at radius 2 is 2.29 bits per heavy atom. The fraction of sp³-hybridized carbons (Fsp3) is 0.273. The second-order valence-electron chi connectivity index (χ2n) is 3.34. The molecule has 0 aliphatic rings. The molecule has 0 aliphatic carbocycles. The van der Waals surface area contributed by atoms with E-state index in [4.69, 9.17) is 5.11 Å². The van der Waals surface area contributed by atoms with E-state index < -0.39 is 5.97 Å². The molecule has 1 N–H and O–H groups in total. The number of rotatable bonds is 3. The van der Waals surface area contributed by atoms with E-state index in [1.54, 1.807) is 6.20 Å². The highest BCUT2D eigenvalue weighted by Crippen LogP contribution is 2.14. The van der Waals surface area contributed by atoms with Crippen LogP contribution in [0.15, 0.2) is 24.4 Å². The normalized spacial score (nSPS) is 11.1. The number of hydrogen-bond acceptors (Lipinski definition) is 2. The van der Waals surface area contributed by atoms with Crippen LogP contribution in [0, 0.1) is 0 Å². The van der Waals surface area contributed by atoms with Crippen LogP contribution in [0.5, 0.6) is 0 Å². The maximum atomic E-state index is 10.3. The Morgan fingerprint density at radius 1 is 1.57 bits per heavy atom. The van der Waals surface area contributed by atoms with Crippen LogP contribution in [0.2, 0.25) is 0 Å². The van der Waals surface area contributed by atoms with E-state index in [9.17, 15) is 4.79 Å². The van der Waals surface area contributed by atoms with Crippen LogP contribution in [0.4, 0.5) is 0 Å². The summed E-state index contributed by atoms with van der Waals surface area (Å²) in [6.07, 6.45) is 4.28. The molecule has 0 spiro atoms. The molecule has 0 aliphatic heterocycles. The van der Waals surface area contributed by atoms with Gasteiger partial charge < -0.3 is 5.11 Å². The fourth-order valence-corrected chi connectivity index (χ4v) is 1.07. The van der Waals surface area contributed by atoms with Gasteiger partial charge in [-0.15, -0.1) is 0 Å². The molecule has 14 heavy (non-hydrogen) atoms. The van der Waals surface area contributed by atoms with Crippen molar-refractivity contribution in [2.24, 2.45) is 0 Å². The van der Waals surface area contributed by atoms with Gasteiger partial charge in [0.2, 0.25) is 0 Å². The van der Waals surface area contributed by atoms with Crippen LogP contribution >= 0.6 is 0 Å². The number of carboxylic acid groups (broad SMARTS) is 1. The van der Waals surface area contributed by atoms with Gasteiger partial charge in [0.15, 0.2) is 0 Å². The van der Waals surface area contributed by atoms with E-state index in [-0.39, 0.29) is 0 Å². The molecule has 0 saturated heterocycles. The van der Waals surface area contributed by atoms with Crippen molar-refractivity contribution in [3.8, 4) is 0 Å². The maximum Gasteiger partial charge on any atom is 0.328 e. The first-order valence-corrected chi connectivity index (χ1v) is 4.46. The zero-order valence-corrected chi connectivity index (χ0v) is 8.27.